The van der Waals surface area contributed by atoms with Gasteiger partial charge in [-0.2, -0.15) is 5.10 Å². The third kappa shape index (κ3) is 3.47. The van der Waals surface area contributed by atoms with Gasteiger partial charge >= 0.3 is 0 Å². The van der Waals surface area contributed by atoms with Crippen LogP contribution in [0.1, 0.15) is 34.0 Å². The molecule has 8 heteroatoms. The molecule has 25 heavy (non-hydrogen) atoms. The summed E-state index contributed by atoms with van der Waals surface area (Å²) in [5.74, 6) is -0.0317. The zero-order valence-electron chi connectivity index (χ0n) is 14.5. The molecular weight excluding hydrogens is 340 g/mol. The highest BCUT2D eigenvalue weighted by Gasteiger charge is 2.50. The van der Waals surface area contributed by atoms with E-state index in [1.165, 1.54) is 0 Å². The zero-order valence-corrected chi connectivity index (χ0v) is 15.3. The molecule has 1 atom stereocenters. The van der Waals surface area contributed by atoms with Crippen LogP contribution in [0, 0.1) is 6.92 Å². The average molecular weight is 362 g/mol. The van der Waals surface area contributed by atoms with Gasteiger partial charge in [0.15, 0.2) is 0 Å². The van der Waals surface area contributed by atoms with Crippen LogP contribution < -0.4 is 0 Å². The van der Waals surface area contributed by atoms with Gasteiger partial charge in [-0.05, 0) is 19.4 Å². The molecule has 4 heterocycles. The normalized spacial score (nSPS) is 22.2. The summed E-state index contributed by atoms with van der Waals surface area (Å²) in [6.07, 6.45) is 3.65. The van der Waals surface area contributed by atoms with Crippen molar-refractivity contribution in [2.45, 2.75) is 38.1 Å². The van der Waals surface area contributed by atoms with Gasteiger partial charge in [0.1, 0.15) is 11.3 Å². The first kappa shape index (κ1) is 16.7. The van der Waals surface area contributed by atoms with Gasteiger partial charge in [-0.3, -0.25) is 9.48 Å². The van der Waals surface area contributed by atoms with Gasteiger partial charge in [-0.1, -0.05) is 0 Å². The minimum absolute atomic E-state index is 0.0317. The van der Waals surface area contributed by atoms with Gasteiger partial charge in [0, 0.05) is 31.7 Å². The number of carbonyl (C=O) groups is 1. The van der Waals surface area contributed by atoms with Crippen LogP contribution in [0.3, 0.4) is 0 Å². The van der Waals surface area contributed by atoms with Crippen LogP contribution in [0.25, 0.3) is 0 Å². The number of aryl methyl sites for hydroxylation is 2. The Balaban J connectivity index is 1.30. The molecule has 2 aromatic heterocycles. The summed E-state index contributed by atoms with van der Waals surface area (Å²) in [5, 5.41) is 7.28. The number of aromatic nitrogens is 3. The lowest BCUT2D eigenvalue weighted by Crippen LogP contribution is -2.67. The highest BCUT2D eigenvalue weighted by molar-refractivity contribution is 7.09. The number of hydrogen-bond donors (Lipinski definition) is 0. The predicted molar refractivity (Wildman–Crippen MR) is 92.5 cm³/mol. The van der Waals surface area contributed by atoms with Crippen molar-refractivity contribution in [3.8, 4) is 0 Å². The number of thiazole rings is 1. The maximum absolute atomic E-state index is 12.4. The molecule has 2 aromatic rings. The molecule has 0 aromatic carbocycles. The molecule has 0 saturated carbocycles. The summed E-state index contributed by atoms with van der Waals surface area (Å²) in [7, 11) is 1.81. The number of rotatable bonds is 4. The second-order valence-corrected chi connectivity index (χ2v) is 7.91. The smallest absolute Gasteiger partial charge is 0.274 e. The first-order valence-electron chi connectivity index (χ1n) is 8.48. The Labute approximate surface area is 150 Å². The van der Waals surface area contributed by atoms with Crippen molar-refractivity contribution < 1.29 is 14.3 Å². The molecule has 0 N–H and O–H groups in total. The third-order valence-corrected chi connectivity index (χ3v) is 5.58. The van der Waals surface area contributed by atoms with E-state index in [-0.39, 0.29) is 17.6 Å². The monoisotopic (exact) mass is 362 g/mol. The molecule has 1 spiro atoms. The van der Waals surface area contributed by atoms with Gasteiger partial charge in [0.25, 0.3) is 5.91 Å². The van der Waals surface area contributed by atoms with Crippen LogP contribution in [0.5, 0.6) is 0 Å². The zero-order chi connectivity index (χ0) is 17.4. The fourth-order valence-corrected chi connectivity index (χ4v) is 4.10. The maximum Gasteiger partial charge on any atom is 0.274 e. The molecule has 2 fully saturated rings. The van der Waals surface area contributed by atoms with E-state index < -0.39 is 0 Å². The number of amides is 1. The molecule has 0 bridgehead atoms. The molecule has 2 saturated heterocycles. The van der Waals surface area contributed by atoms with E-state index in [9.17, 15) is 4.79 Å². The van der Waals surface area contributed by atoms with Crippen molar-refractivity contribution >= 4 is 17.2 Å². The third-order valence-electron chi connectivity index (χ3n) is 4.76. The fourth-order valence-electron chi connectivity index (χ4n) is 3.51. The summed E-state index contributed by atoms with van der Waals surface area (Å²) in [6.45, 7) is 4.43. The van der Waals surface area contributed by atoms with Crippen LogP contribution in [0.4, 0.5) is 0 Å². The topological polar surface area (TPSA) is 69.5 Å². The second-order valence-electron chi connectivity index (χ2n) is 6.85. The lowest BCUT2D eigenvalue weighted by Gasteiger charge is -2.52. The van der Waals surface area contributed by atoms with Crippen molar-refractivity contribution in [2.75, 3.05) is 19.7 Å². The number of ether oxygens (including phenoxy) is 2. The molecular formula is C17H22N4O3S. The molecule has 0 radical (unpaired) electrons. The number of nitrogens with zero attached hydrogens (tertiary/aromatic N) is 4. The SMILES string of the molecule is Cc1nc(CO[C@H]2CCOC3(C2)CN(C(=O)c2ccn(C)n2)C3)cs1. The van der Waals surface area contributed by atoms with E-state index in [1.54, 1.807) is 33.2 Å². The largest absolute Gasteiger partial charge is 0.372 e. The molecule has 2 aliphatic rings. The van der Waals surface area contributed by atoms with Crippen LogP contribution in [-0.2, 0) is 23.1 Å². The molecule has 7 nitrogen and oxygen atoms in total. The second kappa shape index (κ2) is 6.51. The molecule has 134 valence electrons. The molecule has 1 amide bonds. The van der Waals surface area contributed by atoms with E-state index in [2.05, 4.69) is 10.1 Å². The summed E-state index contributed by atoms with van der Waals surface area (Å²) >= 11 is 1.64. The number of hydrogen-bond acceptors (Lipinski definition) is 6. The quantitative estimate of drug-likeness (QED) is 0.829. The van der Waals surface area contributed by atoms with Crippen LogP contribution in [0.15, 0.2) is 17.6 Å². The molecule has 0 aliphatic carbocycles. The Morgan fingerprint density at radius 2 is 2.36 bits per heavy atom. The average Bonchev–Trinajstić information content (AvgIpc) is 3.18. The number of likely N-dealkylation sites (tertiary alicyclic amines) is 1. The predicted octanol–water partition coefficient (Wildman–Crippen LogP) is 1.78. The van der Waals surface area contributed by atoms with E-state index in [0.29, 0.717) is 32.0 Å². The van der Waals surface area contributed by atoms with Crippen molar-refractivity contribution in [2.24, 2.45) is 7.05 Å². The van der Waals surface area contributed by atoms with Crippen molar-refractivity contribution in [1.82, 2.24) is 19.7 Å². The highest BCUT2D eigenvalue weighted by atomic mass is 32.1. The summed E-state index contributed by atoms with van der Waals surface area (Å²) in [6, 6.07) is 1.75. The Hall–Kier alpha value is -1.77. The van der Waals surface area contributed by atoms with E-state index in [4.69, 9.17) is 9.47 Å². The summed E-state index contributed by atoms with van der Waals surface area (Å²) < 4.78 is 13.7. The van der Waals surface area contributed by atoms with Gasteiger partial charge in [0.05, 0.1) is 36.5 Å². The first-order chi connectivity index (χ1) is 12.0. The molecule has 2 aliphatic heterocycles. The lowest BCUT2D eigenvalue weighted by atomic mass is 9.84. The fraction of sp³-hybridized carbons (Fsp3) is 0.588. The van der Waals surface area contributed by atoms with Crippen LogP contribution >= 0.6 is 11.3 Å². The van der Waals surface area contributed by atoms with Gasteiger partial charge in [0.2, 0.25) is 0 Å². The Kier molecular flexibility index (Phi) is 4.35. The van der Waals surface area contributed by atoms with E-state index in [1.807, 2.05) is 19.4 Å². The first-order valence-corrected chi connectivity index (χ1v) is 9.36. The lowest BCUT2D eigenvalue weighted by molar-refractivity contribution is -0.188. The van der Waals surface area contributed by atoms with Crippen LogP contribution in [-0.4, -0.2) is 57.0 Å². The molecule has 0 unspecified atom stereocenters. The Morgan fingerprint density at radius 1 is 1.52 bits per heavy atom. The Morgan fingerprint density at radius 3 is 3.04 bits per heavy atom. The molecule has 4 rings (SSSR count). The van der Waals surface area contributed by atoms with E-state index in [0.717, 1.165) is 23.5 Å². The maximum atomic E-state index is 12.4. The number of carbonyl (C=O) groups excluding carboxylic acids is 1. The Bertz CT molecular complexity index is 766. The van der Waals surface area contributed by atoms with E-state index >= 15 is 0 Å². The van der Waals surface area contributed by atoms with Crippen molar-refractivity contribution in [3.05, 3.63) is 34.0 Å². The van der Waals surface area contributed by atoms with Crippen molar-refractivity contribution in [3.63, 3.8) is 0 Å². The minimum atomic E-state index is -0.259. The van der Waals surface area contributed by atoms with Gasteiger partial charge in [-0.15, -0.1) is 11.3 Å². The highest BCUT2D eigenvalue weighted by Crippen LogP contribution is 2.36. The van der Waals surface area contributed by atoms with Gasteiger partial charge in [-0.25, -0.2) is 4.98 Å². The standard InChI is InChI=1S/C17H22N4O3S/c1-12-18-13(9-25-12)8-23-14-4-6-24-17(7-14)10-21(11-17)16(22)15-3-5-20(2)19-15/h3,5,9,14H,4,6-8,10-11H2,1-2H3/t14-/m0/s1. The minimum Gasteiger partial charge on any atom is -0.372 e. The van der Waals surface area contributed by atoms with Crippen molar-refractivity contribution in [1.29, 1.82) is 0 Å². The van der Waals surface area contributed by atoms with Crippen LogP contribution in [0.2, 0.25) is 0 Å². The summed E-state index contributed by atoms with van der Waals surface area (Å²) in [5.41, 5.74) is 1.22. The van der Waals surface area contributed by atoms with Gasteiger partial charge < -0.3 is 14.4 Å². The summed E-state index contributed by atoms with van der Waals surface area (Å²) in [4.78, 5) is 18.7.